The molecule has 15 heavy (non-hydrogen) atoms. The monoisotopic (exact) mass is 285 g/mol. The van der Waals surface area contributed by atoms with Crippen LogP contribution in [-0.2, 0) is 6.61 Å². The SMILES string of the molecule is Nc1cc(Br)c(CO)cc1OC(F)(F)F. The average molecular weight is 286 g/mol. The van der Waals surface area contributed by atoms with Gasteiger partial charge in [0.1, 0.15) is 0 Å². The van der Waals surface area contributed by atoms with Crippen LogP contribution in [0, 0.1) is 0 Å². The number of hydrogen-bond acceptors (Lipinski definition) is 3. The van der Waals surface area contributed by atoms with Gasteiger partial charge in [-0.15, -0.1) is 13.2 Å². The van der Waals surface area contributed by atoms with Crippen LogP contribution in [0.4, 0.5) is 18.9 Å². The summed E-state index contributed by atoms with van der Waals surface area (Å²) < 4.78 is 39.8. The highest BCUT2D eigenvalue weighted by molar-refractivity contribution is 9.10. The smallest absolute Gasteiger partial charge is 0.404 e. The molecular weight excluding hydrogens is 279 g/mol. The third kappa shape index (κ3) is 3.28. The minimum absolute atomic E-state index is 0.156. The van der Waals surface area contributed by atoms with E-state index >= 15 is 0 Å². The molecule has 7 heteroatoms. The molecule has 0 aliphatic heterocycles. The number of aliphatic hydroxyl groups excluding tert-OH is 1. The molecule has 0 heterocycles. The molecule has 1 rings (SSSR count). The van der Waals surface area contributed by atoms with E-state index in [1.54, 1.807) is 0 Å². The number of rotatable bonds is 2. The van der Waals surface area contributed by atoms with Crippen LogP contribution in [0.3, 0.4) is 0 Å². The lowest BCUT2D eigenvalue weighted by Crippen LogP contribution is -2.18. The van der Waals surface area contributed by atoms with Gasteiger partial charge < -0.3 is 15.6 Å². The topological polar surface area (TPSA) is 55.5 Å². The summed E-state index contributed by atoms with van der Waals surface area (Å²) in [4.78, 5) is 0. The predicted molar refractivity (Wildman–Crippen MR) is 51.2 cm³/mol. The number of ether oxygens (including phenoxy) is 1. The maximum absolute atomic E-state index is 11.9. The second-order valence-corrected chi connectivity index (χ2v) is 3.54. The van der Waals surface area contributed by atoms with Gasteiger partial charge in [0, 0.05) is 4.47 Å². The Morgan fingerprint density at radius 3 is 2.47 bits per heavy atom. The number of alkyl halides is 3. The van der Waals surface area contributed by atoms with Crippen LogP contribution >= 0.6 is 15.9 Å². The van der Waals surface area contributed by atoms with Gasteiger partial charge in [-0.3, -0.25) is 0 Å². The van der Waals surface area contributed by atoms with Crippen LogP contribution in [0.15, 0.2) is 16.6 Å². The Morgan fingerprint density at radius 2 is 2.00 bits per heavy atom. The maximum Gasteiger partial charge on any atom is 0.573 e. The number of hydrogen-bond donors (Lipinski definition) is 2. The van der Waals surface area contributed by atoms with Crippen molar-refractivity contribution in [1.82, 2.24) is 0 Å². The number of nitrogen functional groups attached to an aromatic ring is 1. The Hall–Kier alpha value is -0.950. The van der Waals surface area contributed by atoms with E-state index < -0.39 is 18.7 Å². The first-order valence-corrected chi connectivity index (χ1v) is 4.57. The normalized spacial score (nSPS) is 11.5. The summed E-state index contributed by atoms with van der Waals surface area (Å²) in [5, 5.41) is 8.82. The fraction of sp³-hybridized carbons (Fsp3) is 0.250. The van der Waals surface area contributed by atoms with Gasteiger partial charge in [0.2, 0.25) is 0 Å². The van der Waals surface area contributed by atoms with E-state index in [9.17, 15) is 13.2 Å². The van der Waals surface area contributed by atoms with E-state index in [0.29, 0.717) is 4.47 Å². The highest BCUT2D eigenvalue weighted by Crippen LogP contribution is 2.33. The molecule has 0 aliphatic carbocycles. The lowest BCUT2D eigenvalue weighted by Gasteiger charge is -2.12. The molecule has 0 spiro atoms. The standard InChI is InChI=1S/C8H7BrF3NO2/c9-5-2-6(13)7(1-4(5)3-14)15-8(10,11)12/h1-2,14H,3,13H2. The van der Waals surface area contributed by atoms with Crippen molar-refractivity contribution in [2.75, 3.05) is 5.73 Å². The number of aliphatic hydroxyl groups is 1. The molecule has 0 fully saturated rings. The molecule has 0 atom stereocenters. The first-order valence-electron chi connectivity index (χ1n) is 3.78. The number of nitrogens with two attached hydrogens (primary N) is 1. The highest BCUT2D eigenvalue weighted by atomic mass is 79.9. The first-order chi connectivity index (χ1) is 6.83. The number of benzene rings is 1. The van der Waals surface area contributed by atoms with Crippen molar-refractivity contribution < 1.29 is 23.0 Å². The van der Waals surface area contributed by atoms with E-state index in [2.05, 4.69) is 20.7 Å². The number of halogens is 4. The average Bonchev–Trinajstić information content (AvgIpc) is 2.07. The molecule has 0 radical (unpaired) electrons. The van der Waals surface area contributed by atoms with Crippen molar-refractivity contribution in [3.63, 3.8) is 0 Å². The van der Waals surface area contributed by atoms with Crippen molar-refractivity contribution in [2.45, 2.75) is 13.0 Å². The van der Waals surface area contributed by atoms with Crippen LogP contribution in [0.1, 0.15) is 5.56 Å². The third-order valence-electron chi connectivity index (χ3n) is 1.57. The van der Waals surface area contributed by atoms with Crippen molar-refractivity contribution in [3.8, 4) is 5.75 Å². The summed E-state index contributed by atoms with van der Waals surface area (Å²) >= 11 is 3.04. The Balaban J connectivity index is 3.08. The predicted octanol–water partition coefficient (Wildman–Crippen LogP) is 2.42. The van der Waals surface area contributed by atoms with Crippen molar-refractivity contribution >= 4 is 21.6 Å². The van der Waals surface area contributed by atoms with Gasteiger partial charge >= 0.3 is 6.36 Å². The largest absolute Gasteiger partial charge is 0.573 e. The summed E-state index contributed by atoms with van der Waals surface area (Å²) in [6.07, 6.45) is -4.80. The van der Waals surface area contributed by atoms with Crippen LogP contribution in [0.25, 0.3) is 0 Å². The van der Waals surface area contributed by atoms with Crippen LogP contribution < -0.4 is 10.5 Å². The van der Waals surface area contributed by atoms with Crippen molar-refractivity contribution in [1.29, 1.82) is 0 Å². The summed E-state index contributed by atoms with van der Waals surface area (Å²) in [6.45, 7) is -0.408. The van der Waals surface area contributed by atoms with Crippen LogP contribution in [0.2, 0.25) is 0 Å². The lowest BCUT2D eigenvalue weighted by atomic mass is 10.2. The molecule has 1 aromatic rings. The summed E-state index contributed by atoms with van der Waals surface area (Å²) in [7, 11) is 0. The minimum Gasteiger partial charge on any atom is -0.404 e. The fourth-order valence-electron chi connectivity index (χ4n) is 0.945. The summed E-state index contributed by atoms with van der Waals surface area (Å²) in [5.74, 6) is -0.519. The maximum atomic E-state index is 11.9. The summed E-state index contributed by atoms with van der Waals surface area (Å²) in [5.41, 5.74) is 5.43. The Kier molecular flexibility index (Phi) is 3.46. The first kappa shape index (κ1) is 12.1. The zero-order valence-electron chi connectivity index (χ0n) is 7.31. The van der Waals surface area contributed by atoms with Gasteiger partial charge in [-0.05, 0) is 17.7 Å². The molecule has 1 aromatic carbocycles. The zero-order chi connectivity index (χ0) is 11.6. The second kappa shape index (κ2) is 4.28. The Labute approximate surface area is 91.8 Å². The molecule has 3 nitrogen and oxygen atoms in total. The Bertz CT molecular complexity index is 368. The van der Waals surface area contributed by atoms with Crippen molar-refractivity contribution in [3.05, 3.63) is 22.2 Å². The quantitative estimate of drug-likeness (QED) is 0.821. The molecule has 0 amide bonds. The molecule has 0 aromatic heterocycles. The highest BCUT2D eigenvalue weighted by Gasteiger charge is 2.32. The lowest BCUT2D eigenvalue weighted by molar-refractivity contribution is -0.274. The van der Waals surface area contributed by atoms with Gasteiger partial charge in [0.05, 0.1) is 12.3 Å². The van der Waals surface area contributed by atoms with E-state index in [1.807, 2.05) is 0 Å². The van der Waals surface area contributed by atoms with Gasteiger partial charge in [-0.2, -0.15) is 0 Å². The molecule has 0 bridgehead atoms. The number of anilines is 1. The zero-order valence-corrected chi connectivity index (χ0v) is 8.89. The fourth-order valence-corrected chi connectivity index (χ4v) is 1.43. The van der Waals surface area contributed by atoms with E-state index in [4.69, 9.17) is 10.8 Å². The molecule has 84 valence electrons. The minimum atomic E-state index is -4.80. The second-order valence-electron chi connectivity index (χ2n) is 2.69. The summed E-state index contributed by atoms with van der Waals surface area (Å²) in [6, 6.07) is 2.28. The van der Waals surface area contributed by atoms with E-state index in [-0.39, 0.29) is 11.3 Å². The Morgan fingerprint density at radius 1 is 1.40 bits per heavy atom. The molecule has 0 saturated heterocycles. The molecular formula is C8H7BrF3NO2. The van der Waals surface area contributed by atoms with Gasteiger partial charge in [0.25, 0.3) is 0 Å². The van der Waals surface area contributed by atoms with E-state index in [0.717, 1.165) is 6.07 Å². The van der Waals surface area contributed by atoms with Gasteiger partial charge in [-0.25, -0.2) is 0 Å². The molecule has 0 unspecified atom stereocenters. The van der Waals surface area contributed by atoms with Crippen molar-refractivity contribution in [2.24, 2.45) is 0 Å². The third-order valence-corrected chi connectivity index (χ3v) is 2.31. The van der Waals surface area contributed by atoms with Crippen LogP contribution in [0.5, 0.6) is 5.75 Å². The van der Waals surface area contributed by atoms with E-state index in [1.165, 1.54) is 6.07 Å². The van der Waals surface area contributed by atoms with Crippen LogP contribution in [-0.4, -0.2) is 11.5 Å². The molecule has 3 N–H and O–H groups in total. The molecule has 0 aliphatic rings. The molecule has 0 saturated carbocycles. The van der Waals surface area contributed by atoms with Gasteiger partial charge in [-0.1, -0.05) is 15.9 Å². The van der Waals surface area contributed by atoms with Gasteiger partial charge in [0.15, 0.2) is 5.75 Å².